The maximum Gasteiger partial charge on any atom is 0.257 e. The van der Waals surface area contributed by atoms with Crippen molar-refractivity contribution >= 4 is 21.7 Å². The Labute approximate surface area is 163 Å². The van der Waals surface area contributed by atoms with Crippen LogP contribution in [-0.4, -0.2) is 23.6 Å². The first kappa shape index (κ1) is 18.2. The second kappa shape index (κ2) is 7.09. The van der Waals surface area contributed by atoms with Crippen molar-refractivity contribution in [3.8, 4) is 16.9 Å². The van der Waals surface area contributed by atoms with Gasteiger partial charge in [0.05, 0.1) is 18.0 Å². The number of aryl methyl sites for hydroxylation is 1. The summed E-state index contributed by atoms with van der Waals surface area (Å²) in [6, 6.07) is 12.2. The van der Waals surface area contributed by atoms with E-state index in [-0.39, 0.29) is 5.56 Å². The number of hydrogen-bond donors (Lipinski definition) is 2. The lowest BCUT2D eigenvalue weighted by Crippen LogP contribution is -2.09. The molecule has 0 bridgehead atoms. The quantitative estimate of drug-likeness (QED) is 0.527. The van der Waals surface area contributed by atoms with Gasteiger partial charge in [0.25, 0.3) is 5.56 Å². The van der Waals surface area contributed by atoms with Gasteiger partial charge >= 0.3 is 0 Å². The van der Waals surface area contributed by atoms with E-state index in [0.29, 0.717) is 17.8 Å². The minimum atomic E-state index is -0.137. The van der Waals surface area contributed by atoms with E-state index in [0.717, 1.165) is 38.7 Å². The highest BCUT2D eigenvalue weighted by atomic mass is 16.5. The van der Waals surface area contributed by atoms with E-state index in [1.807, 2.05) is 19.1 Å². The number of pyridine rings is 2. The van der Waals surface area contributed by atoms with Gasteiger partial charge in [-0.15, -0.1) is 0 Å². The molecular weight excluding hydrogens is 350 g/mol. The monoisotopic (exact) mass is 373 g/mol. The number of H-pyrrole nitrogens is 1. The first-order chi connectivity index (χ1) is 13.5. The Morgan fingerprint density at radius 2 is 1.93 bits per heavy atom. The van der Waals surface area contributed by atoms with Gasteiger partial charge in [-0.05, 0) is 48.2 Å². The Morgan fingerprint density at radius 3 is 2.61 bits per heavy atom. The lowest BCUT2D eigenvalue weighted by molar-refractivity contribution is 0.416. The van der Waals surface area contributed by atoms with Crippen LogP contribution in [0, 0.1) is 6.92 Å². The highest BCUT2D eigenvalue weighted by Crippen LogP contribution is 2.41. The largest absolute Gasteiger partial charge is 0.496 e. The molecule has 0 aliphatic carbocycles. The van der Waals surface area contributed by atoms with Crippen molar-refractivity contribution < 1.29 is 4.74 Å². The summed E-state index contributed by atoms with van der Waals surface area (Å²) in [5.74, 6) is 1.07. The third-order valence-electron chi connectivity index (χ3n) is 5.40. The Balaban J connectivity index is 2.11. The van der Waals surface area contributed by atoms with Crippen LogP contribution in [0.3, 0.4) is 0 Å². The zero-order chi connectivity index (χ0) is 19.8. The van der Waals surface area contributed by atoms with Crippen LogP contribution >= 0.6 is 0 Å². The summed E-state index contributed by atoms with van der Waals surface area (Å²) in [5, 5.41) is 2.40. The van der Waals surface area contributed by atoms with Crippen LogP contribution in [0.2, 0.25) is 0 Å². The first-order valence-corrected chi connectivity index (χ1v) is 9.32. The van der Waals surface area contributed by atoms with Crippen molar-refractivity contribution in [2.24, 2.45) is 5.73 Å². The molecule has 0 saturated carbocycles. The number of hydrogen-bond acceptors (Lipinski definition) is 4. The highest BCUT2D eigenvalue weighted by Gasteiger charge is 2.18. The predicted molar refractivity (Wildman–Crippen MR) is 114 cm³/mol. The summed E-state index contributed by atoms with van der Waals surface area (Å²) >= 11 is 0. The summed E-state index contributed by atoms with van der Waals surface area (Å²) in [6.45, 7) is 4.70. The summed E-state index contributed by atoms with van der Waals surface area (Å²) < 4.78 is 5.74. The number of methoxy groups -OCH3 is 1. The SMILES string of the molecule is COc1cc(C)c2[nH]c(=O)c3cnccc3c2c1-c1ccc(C(C)CN)cc1. The van der Waals surface area contributed by atoms with Gasteiger partial charge in [-0.1, -0.05) is 31.2 Å². The zero-order valence-electron chi connectivity index (χ0n) is 16.2. The van der Waals surface area contributed by atoms with Crippen LogP contribution in [0.1, 0.15) is 24.0 Å². The maximum absolute atomic E-state index is 12.6. The van der Waals surface area contributed by atoms with E-state index >= 15 is 0 Å². The van der Waals surface area contributed by atoms with Crippen LogP contribution < -0.4 is 16.0 Å². The molecule has 0 radical (unpaired) electrons. The smallest absolute Gasteiger partial charge is 0.257 e. The first-order valence-electron chi connectivity index (χ1n) is 9.32. The molecule has 0 aliphatic rings. The van der Waals surface area contributed by atoms with Crippen molar-refractivity contribution in [1.29, 1.82) is 0 Å². The molecule has 4 rings (SSSR count). The Hall–Kier alpha value is -3.18. The summed E-state index contributed by atoms with van der Waals surface area (Å²) in [4.78, 5) is 19.7. The van der Waals surface area contributed by atoms with Crippen LogP contribution in [0.4, 0.5) is 0 Å². The van der Waals surface area contributed by atoms with Gasteiger partial charge < -0.3 is 15.5 Å². The molecule has 5 heteroatoms. The van der Waals surface area contributed by atoms with Crippen molar-refractivity contribution in [3.63, 3.8) is 0 Å². The molecule has 0 amide bonds. The van der Waals surface area contributed by atoms with Crippen LogP contribution in [-0.2, 0) is 0 Å². The minimum absolute atomic E-state index is 0.137. The van der Waals surface area contributed by atoms with E-state index in [2.05, 4.69) is 41.2 Å². The van der Waals surface area contributed by atoms with Crippen molar-refractivity contribution in [2.75, 3.05) is 13.7 Å². The average molecular weight is 373 g/mol. The molecule has 5 nitrogen and oxygen atoms in total. The lowest BCUT2D eigenvalue weighted by Gasteiger charge is -2.17. The Bertz CT molecular complexity index is 1230. The number of nitrogens with one attached hydrogen (secondary N) is 1. The lowest BCUT2D eigenvalue weighted by atomic mass is 9.92. The molecule has 0 fully saturated rings. The number of fused-ring (bicyclic) bond motifs is 3. The zero-order valence-corrected chi connectivity index (χ0v) is 16.2. The van der Waals surface area contributed by atoms with Crippen molar-refractivity contribution in [1.82, 2.24) is 9.97 Å². The molecular formula is C23H23N3O2. The fourth-order valence-corrected chi connectivity index (χ4v) is 3.75. The third kappa shape index (κ3) is 2.84. The maximum atomic E-state index is 12.6. The summed E-state index contributed by atoms with van der Waals surface area (Å²) in [6.07, 6.45) is 3.32. The Kier molecular flexibility index (Phi) is 4.61. The number of rotatable bonds is 4. The molecule has 2 aromatic heterocycles. The molecule has 3 N–H and O–H groups in total. The van der Waals surface area contributed by atoms with Gasteiger partial charge in [-0.25, -0.2) is 0 Å². The van der Waals surface area contributed by atoms with Gasteiger partial charge in [-0.3, -0.25) is 9.78 Å². The van der Waals surface area contributed by atoms with E-state index in [9.17, 15) is 4.79 Å². The van der Waals surface area contributed by atoms with E-state index in [4.69, 9.17) is 10.5 Å². The van der Waals surface area contributed by atoms with Crippen LogP contribution in [0.5, 0.6) is 5.75 Å². The second-order valence-corrected chi connectivity index (χ2v) is 7.15. The summed E-state index contributed by atoms with van der Waals surface area (Å²) in [5.41, 5.74) is 10.6. The molecule has 1 unspecified atom stereocenters. The minimum Gasteiger partial charge on any atom is -0.496 e. The van der Waals surface area contributed by atoms with Gasteiger partial charge in [0.2, 0.25) is 0 Å². The fraction of sp³-hybridized carbons (Fsp3) is 0.217. The number of benzene rings is 2. The van der Waals surface area contributed by atoms with E-state index in [1.165, 1.54) is 5.56 Å². The van der Waals surface area contributed by atoms with E-state index < -0.39 is 0 Å². The van der Waals surface area contributed by atoms with Gasteiger partial charge in [0, 0.05) is 28.7 Å². The second-order valence-electron chi connectivity index (χ2n) is 7.15. The topological polar surface area (TPSA) is 81.0 Å². The molecule has 0 saturated heterocycles. The molecule has 0 aliphatic heterocycles. The molecule has 4 aromatic rings. The van der Waals surface area contributed by atoms with Gasteiger partial charge in [0.15, 0.2) is 0 Å². The third-order valence-corrected chi connectivity index (χ3v) is 5.40. The van der Waals surface area contributed by atoms with Crippen molar-refractivity contribution in [3.05, 3.63) is 70.3 Å². The number of aromatic nitrogens is 2. The number of aromatic amines is 1. The van der Waals surface area contributed by atoms with Gasteiger partial charge in [0.1, 0.15) is 5.75 Å². The number of ether oxygens (including phenoxy) is 1. The average Bonchev–Trinajstić information content (AvgIpc) is 2.74. The normalized spacial score (nSPS) is 12.4. The van der Waals surface area contributed by atoms with Crippen LogP contribution in [0.15, 0.2) is 53.6 Å². The molecule has 2 aromatic carbocycles. The fourth-order valence-electron chi connectivity index (χ4n) is 3.75. The summed E-state index contributed by atoms with van der Waals surface area (Å²) in [7, 11) is 1.67. The molecule has 28 heavy (non-hydrogen) atoms. The number of nitrogens with zero attached hydrogens (tertiary/aromatic N) is 1. The van der Waals surface area contributed by atoms with E-state index in [1.54, 1.807) is 19.5 Å². The standard InChI is InChI=1S/C23H23N3O2/c1-13-10-19(28-3)20(16-6-4-15(5-7-16)14(2)11-24)21-17-8-9-25-12-18(17)23(27)26-22(13)21/h4-10,12,14H,11,24H2,1-3H3,(H,26,27). The molecule has 1 atom stereocenters. The molecule has 0 spiro atoms. The number of nitrogens with two attached hydrogens (primary N) is 1. The Morgan fingerprint density at radius 1 is 1.18 bits per heavy atom. The van der Waals surface area contributed by atoms with Crippen molar-refractivity contribution in [2.45, 2.75) is 19.8 Å². The molecule has 142 valence electrons. The highest BCUT2D eigenvalue weighted by molar-refractivity contribution is 6.14. The molecule has 2 heterocycles. The van der Waals surface area contributed by atoms with Crippen LogP contribution in [0.25, 0.3) is 32.8 Å². The van der Waals surface area contributed by atoms with Gasteiger partial charge in [-0.2, -0.15) is 0 Å². The predicted octanol–water partition coefficient (Wildman–Crippen LogP) is 4.12.